The minimum atomic E-state index is 0.609. The minimum absolute atomic E-state index is 0.609. The number of rotatable bonds is 6. The average Bonchev–Trinajstić information content (AvgIpc) is 2.45. The molecule has 0 bridgehead atoms. The highest BCUT2D eigenvalue weighted by Gasteiger charge is 2.00. The monoisotopic (exact) mass is 211 g/mol. The van der Waals surface area contributed by atoms with Gasteiger partial charge in [-0.15, -0.1) is 0 Å². The summed E-state index contributed by atoms with van der Waals surface area (Å²) in [6.45, 7) is 8.65. The van der Waals surface area contributed by atoms with E-state index in [1.165, 1.54) is 0 Å². The standard InChI is InChI=1S/C11H21N3O/c1-9(2)4-6-15-7-5-14-8-10(3)11(12)13-14/h8-9H,4-7H2,1-3H3,(H2,12,13). The van der Waals surface area contributed by atoms with Gasteiger partial charge in [0, 0.05) is 18.4 Å². The third-order valence-electron chi connectivity index (χ3n) is 2.29. The van der Waals surface area contributed by atoms with Crippen LogP contribution in [0.5, 0.6) is 0 Å². The summed E-state index contributed by atoms with van der Waals surface area (Å²) in [6, 6.07) is 0. The second-order valence-corrected chi connectivity index (χ2v) is 4.26. The summed E-state index contributed by atoms with van der Waals surface area (Å²) in [7, 11) is 0. The molecule has 0 saturated heterocycles. The number of nitrogens with two attached hydrogens (primary N) is 1. The summed E-state index contributed by atoms with van der Waals surface area (Å²) in [5.41, 5.74) is 6.66. The molecule has 1 rings (SSSR count). The van der Waals surface area contributed by atoms with Gasteiger partial charge < -0.3 is 10.5 Å². The number of hydrogen-bond acceptors (Lipinski definition) is 3. The Kier molecular flexibility index (Phi) is 4.62. The van der Waals surface area contributed by atoms with E-state index in [4.69, 9.17) is 10.5 Å². The minimum Gasteiger partial charge on any atom is -0.382 e. The highest BCUT2D eigenvalue weighted by atomic mass is 16.5. The van der Waals surface area contributed by atoms with Crippen molar-refractivity contribution in [1.82, 2.24) is 9.78 Å². The second kappa shape index (κ2) is 5.75. The van der Waals surface area contributed by atoms with Gasteiger partial charge in [-0.25, -0.2) is 0 Å². The lowest BCUT2D eigenvalue weighted by atomic mass is 10.1. The molecule has 0 saturated carbocycles. The van der Waals surface area contributed by atoms with E-state index in [0.29, 0.717) is 18.3 Å². The number of ether oxygens (including phenoxy) is 1. The van der Waals surface area contributed by atoms with Crippen LogP contribution in [0.3, 0.4) is 0 Å². The Hall–Kier alpha value is -1.03. The Balaban J connectivity index is 2.15. The van der Waals surface area contributed by atoms with Crippen LogP contribution in [-0.4, -0.2) is 23.0 Å². The molecular weight excluding hydrogens is 190 g/mol. The molecule has 0 aliphatic rings. The molecule has 0 unspecified atom stereocenters. The summed E-state index contributed by atoms with van der Waals surface area (Å²) >= 11 is 0. The summed E-state index contributed by atoms with van der Waals surface area (Å²) in [5.74, 6) is 1.31. The van der Waals surface area contributed by atoms with Crippen LogP contribution in [-0.2, 0) is 11.3 Å². The molecule has 0 aromatic carbocycles. The quantitative estimate of drug-likeness (QED) is 0.730. The highest BCUT2D eigenvalue weighted by molar-refractivity contribution is 5.35. The van der Waals surface area contributed by atoms with E-state index in [1.807, 2.05) is 17.8 Å². The Morgan fingerprint density at radius 3 is 2.73 bits per heavy atom. The maximum Gasteiger partial charge on any atom is 0.148 e. The first-order valence-corrected chi connectivity index (χ1v) is 5.47. The van der Waals surface area contributed by atoms with Gasteiger partial charge >= 0.3 is 0 Å². The fourth-order valence-corrected chi connectivity index (χ4v) is 1.23. The van der Waals surface area contributed by atoms with Gasteiger partial charge in [0.15, 0.2) is 0 Å². The van der Waals surface area contributed by atoms with Crippen LogP contribution in [0.25, 0.3) is 0 Å². The van der Waals surface area contributed by atoms with Gasteiger partial charge in [-0.3, -0.25) is 4.68 Å². The van der Waals surface area contributed by atoms with Gasteiger partial charge in [0.05, 0.1) is 13.2 Å². The van der Waals surface area contributed by atoms with E-state index in [-0.39, 0.29) is 0 Å². The van der Waals surface area contributed by atoms with Crippen LogP contribution in [0.15, 0.2) is 6.20 Å². The van der Waals surface area contributed by atoms with Gasteiger partial charge in [-0.1, -0.05) is 13.8 Å². The maximum absolute atomic E-state index is 5.64. The van der Waals surface area contributed by atoms with Crippen molar-refractivity contribution in [2.45, 2.75) is 33.7 Å². The lowest BCUT2D eigenvalue weighted by molar-refractivity contribution is 0.114. The van der Waals surface area contributed by atoms with Crippen LogP contribution < -0.4 is 5.73 Å². The number of nitrogen functional groups attached to an aromatic ring is 1. The molecule has 4 nitrogen and oxygen atoms in total. The molecule has 1 heterocycles. The van der Waals surface area contributed by atoms with Crippen LogP contribution in [0, 0.1) is 12.8 Å². The fourth-order valence-electron chi connectivity index (χ4n) is 1.23. The van der Waals surface area contributed by atoms with E-state index in [9.17, 15) is 0 Å². The average molecular weight is 211 g/mol. The smallest absolute Gasteiger partial charge is 0.148 e. The van der Waals surface area contributed by atoms with E-state index in [0.717, 1.165) is 25.1 Å². The van der Waals surface area contributed by atoms with Gasteiger partial charge in [-0.05, 0) is 19.3 Å². The zero-order valence-electron chi connectivity index (χ0n) is 9.86. The Labute approximate surface area is 91.4 Å². The molecule has 0 fully saturated rings. The normalized spacial score (nSPS) is 11.2. The van der Waals surface area contributed by atoms with E-state index in [1.54, 1.807) is 0 Å². The summed E-state index contributed by atoms with van der Waals surface area (Å²) < 4.78 is 7.33. The van der Waals surface area contributed by atoms with Crippen LogP contribution >= 0.6 is 0 Å². The SMILES string of the molecule is Cc1cn(CCOCCC(C)C)nc1N. The molecule has 1 aromatic heterocycles. The predicted molar refractivity (Wildman–Crippen MR) is 61.7 cm³/mol. The number of aryl methyl sites for hydroxylation is 1. The van der Waals surface area contributed by atoms with Crippen molar-refractivity contribution in [1.29, 1.82) is 0 Å². The van der Waals surface area contributed by atoms with Gasteiger partial charge in [-0.2, -0.15) is 5.10 Å². The molecule has 86 valence electrons. The molecule has 0 atom stereocenters. The van der Waals surface area contributed by atoms with E-state index >= 15 is 0 Å². The van der Waals surface area contributed by atoms with Gasteiger partial charge in [0.1, 0.15) is 5.82 Å². The molecule has 0 spiro atoms. The molecule has 0 aliphatic heterocycles. The first-order chi connectivity index (χ1) is 7.09. The molecule has 4 heteroatoms. The van der Waals surface area contributed by atoms with Crippen molar-refractivity contribution in [2.24, 2.45) is 5.92 Å². The van der Waals surface area contributed by atoms with Crippen molar-refractivity contribution in [3.05, 3.63) is 11.8 Å². The molecular formula is C11H21N3O. The van der Waals surface area contributed by atoms with Crippen molar-refractivity contribution in [3.63, 3.8) is 0 Å². The number of anilines is 1. The van der Waals surface area contributed by atoms with Crippen molar-refractivity contribution in [2.75, 3.05) is 18.9 Å². The third kappa shape index (κ3) is 4.34. The van der Waals surface area contributed by atoms with Crippen LogP contribution in [0.1, 0.15) is 25.8 Å². The van der Waals surface area contributed by atoms with Crippen molar-refractivity contribution >= 4 is 5.82 Å². The summed E-state index contributed by atoms with van der Waals surface area (Å²) in [4.78, 5) is 0. The molecule has 2 N–H and O–H groups in total. The lowest BCUT2D eigenvalue weighted by Gasteiger charge is -2.06. The molecule has 0 amide bonds. The fraction of sp³-hybridized carbons (Fsp3) is 0.727. The Morgan fingerprint density at radius 1 is 1.47 bits per heavy atom. The first-order valence-electron chi connectivity index (χ1n) is 5.47. The molecule has 0 aliphatic carbocycles. The summed E-state index contributed by atoms with van der Waals surface area (Å²) in [5, 5.41) is 4.16. The zero-order valence-corrected chi connectivity index (χ0v) is 9.86. The number of hydrogen-bond donors (Lipinski definition) is 1. The second-order valence-electron chi connectivity index (χ2n) is 4.26. The van der Waals surface area contributed by atoms with Crippen molar-refractivity contribution < 1.29 is 4.74 Å². The highest BCUT2D eigenvalue weighted by Crippen LogP contribution is 2.05. The first kappa shape index (κ1) is 12.0. The van der Waals surface area contributed by atoms with Gasteiger partial charge in [0.25, 0.3) is 0 Å². The third-order valence-corrected chi connectivity index (χ3v) is 2.29. The topological polar surface area (TPSA) is 53.1 Å². The Morgan fingerprint density at radius 2 is 2.20 bits per heavy atom. The molecule has 1 aromatic rings. The van der Waals surface area contributed by atoms with E-state index in [2.05, 4.69) is 18.9 Å². The predicted octanol–water partition coefficient (Wildman–Crippen LogP) is 1.84. The molecule has 0 radical (unpaired) electrons. The number of aromatic nitrogens is 2. The summed E-state index contributed by atoms with van der Waals surface area (Å²) in [6.07, 6.45) is 3.06. The van der Waals surface area contributed by atoms with E-state index < -0.39 is 0 Å². The van der Waals surface area contributed by atoms with Crippen molar-refractivity contribution in [3.8, 4) is 0 Å². The largest absolute Gasteiger partial charge is 0.382 e. The lowest BCUT2D eigenvalue weighted by Crippen LogP contribution is -2.08. The van der Waals surface area contributed by atoms with Gasteiger partial charge in [0.2, 0.25) is 0 Å². The number of nitrogens with zero attached hydrogens (tertiary/aromatic N) is 2. The Bertz CT molecular complexity index is 275. The van der Waals surface area contributed by atoms with Crippen LogP contribution in [0.2, 0.25) is 0 Å². The molecule has 15 heavy (non-hydrogen) atoms. The maximum atomic E-state index is 5.64. The van der Waals surface area contributed by atoms with Crippen LogP contribution in [0.4, 0.5) is 5.82 Å². The zero-order chi connectivity index (χ0) is 11.3.